The van der Waals surface area contributed by atoms with Crippen molar-refractivity contribution in [2.75, 3.05) is 0 Å². The number of ether oxygens (including phenoxy) is 1. The van der Waals surface area contributed by atoms with Gasteiger partial charge in [-0.15, -0.1) is 0 Å². The summed E-state index contributed by atoms with van der Waals surface area (Å²) in [5, 5.41) is 7.31. The molecule has 0 atom stereocenters. The molecule has 1 aliphatic heterocycles. The van der Waals surface area contributed by atoms with E-state index in [0.29, 0.717) is 0 Å². The first-order valence-electron chi connectivity index (χ1n) is 16.9. The summed E-state index contributed by atoms with van der Waals surface area (Å²) in [6, 6.07) is 65.7. The van der Waals surface area contributed by atoms with Crippen LogP contribution in [0.3, 0.4) is 0 Å². The van der Waals surface area contributed by atoms with Crippen LogP contribution in [0.4, 0.5) is 0 Å². The molecule has 0 radical (unpaired) electrons. The van der Waals surface area contributed by atoms with Crippen molar-refractivity contribution in [3.8, 4) is 67.1 Å². The number of para-hydroxylation sites is 1. The van der Waals surface area contributed by atoms with Crippen LogP contribution < -0.4 is 4.74 Å². The predicted octanol–water partition coefficient (Wildman–Crippen LogP) is 13.6. The average molecular weight is 623 g/mol. The highest BCUT2D eigenvalue weighted by atomic mass is 16.5. The Balaban J connectivity index is 1.28. The highest BCUT2D eigenvalue weighted by molar-refractivity contribution is 6.25. The maximum absolute atomic E-state index is 6.49. The second-order valence-electron chi connectivity index (χ2n) is 12.7. The van der Waals surface area contributed by atoms with E-state index in [0.717, 1.165) is 17.1 Å². The molecule has 1 heteroatoms. The number of rotatable bonds is 4. The van der Waals surface area contributed by atoms with Crippen molar-refractivity contribution in [3.05, 3.63) is 182 Å². The van der Waals surface area contributed by atoms with Crippen LogP contribution >= 0.6 is 0 Å². The van der Waals surface area contributed by atoms with Crippen LogP contribution in [0.15, 0.2) is 182 Å². The van der Waals surface area contributed by atoms with E-state index in [9.17, 15) is 0 Å². The summed E-state index contributed by atoms with van der Waals surface area (Å²) in [7, 11) is 0. The van der Waals surface area contributed by atoms with Crippen molar-refractivity contribution >= 4 is 32.3 Å². The molecule has 0 saturated heterocycles. The van der Waals surface area contributed by atoms with E-state index in [4.69, 9.17) is 4.74 Å². The summed E-state index contributed by atoms with van der Waals surface area (Å²) < 4.78 is 6.49. The Morgan fingerprint density at radius 2 is 0.714 bits per heavy atom. The lowest BCUT2D eigenvalue weighted by molar-refractivity contribution is 0.487. The van der Waals surface area contributed by atoms with Gasteiger partial charge < -0.3 is 4.74 Å². The molecule has 9 aromatic rings. The van der Waals surface area contributed by atoms with Crippen molar-refractivity contribution < 1.29 is 4.74 Å². The Bertz CT molecular complexity index is 2680. The minimum atomic E-state index is 0.906. The lowest BCUT2D eigenvalue weighted by Crippen LogP contribution is -1.98. The van der Waals surface area contributed by atoms with Crippen LogP contribution in [-0.2, 0) is 0 Å². The molecule has 1 heterocycles. The minimum Gasteiger partial charge on any atom is -0.456 e. The first-order valence-corrected chi connectivity index (χ1v) is 16.9. The molecule has 0 fully saturated rings. The molecule has 228 valence electrons. The van der Waals surface area contributed by atoms with Gasteiger partial charge in [0.05, 0.1) is 0 Å². The van der Waals surface area contributed by atoms with Gasteiger partial charge >= 0.3 is 0 Å². The van der Waals surface area contributed by atoms with E-state index >= 15 is 0 Å². The highest BCUT2D eigenvalue weighted by Gasteiger charge is 2.24. The van der Waals surface area contributed by atoms with Crippen molar-refractivity contribution in [1.29, 1.82) is 0 Å². The van der Waals surface area contributed by atoms with Gasteiger partial charge in [-0.05, 0) is 95.2 Å². The van der Waals surface area contributed by atoms with Gasteiger partial charge in [0.25, 0.3) is 0 Å². The molecule has 0 amide bonds. The zero-order chi connectivity index (χ0) is 32.3. The Labute approximate surface area is 285 Å². The molecule has 0 N–H and O–H groups in total. The third kappa shape index (κ3) is 4.26. The van der Waals surface area contributed by atoms with Crippen molar-refractivity contribution in [3.63, 3.8) is 0 Å². The topological polar surface area (TPSA) is 9.23 Å². The smallest absolute Gasteiger partial charge is 0.135 e. The quantitative estimate of drug-likeness (QED) is 0.177. The zero-order valence-corrected chi connectivity index (χ0v) is 26.7. The lowest BCUT2D eigenvalue weighted by Gasteiger charge is -2.24. The summed E-state index contributed by atoms with van der Waals surface area (Å²) in [6.07, 6.45) is 0. The van der Waals surface area contributed by atoms with Crippen molar-refractivity contribution in [2.45, 2.75) is 0 Å². The Morgan fingerprint density at radius 3 is 1.39 bits per heavy atom. The molecule has 0 unspecified atom stereocenters. The van der Waals surface area contributed by atoms with Gasteiger partial charge in [0.15, 0.2) is 0 Å². The Morgan fingerprint density at radius 1 is 0.245 bits per heavy atom. The fourth-order valence-electron chi connectivity index (χ4n) is 8.03. The molecule has 9 aromatic carbocycles. The first kappa shape index (κ1) is 27.7. The summed E-state index contributed by atoms with van der Waals surface area (Å²) >= 11 is 0. The van der Waals surface area contributed by atoms with Gasteiger partial charge in [-0.2, -0.15) is 0 Å². The largest absolute Gasteiger partial charge is 0.456 e. The number of fused-ring (bicyclic) bond motifs is 4. The molecule has 1 nitrogen and oxygen atoms in total. The van der Waals surface area contributed by atoms with Crippen molar-refractivity contribution in [1.82, 2.24) is 0 Å². The van der Waals surface area contributed by atoms with Gasteiger partial charge in [-0.3, -0.25) is 0 Å². The predicted molar refractivity (Wildman–Crippen MR) is 206 cm³/mol. The molecule has 1 aliphatic rings. The molecule has 0 aliphatic carbocycles. The second kappa shape index (κ2) is 11.1. The summed E-state index contributed by atoms with van der Waals surface area (Å²) in [5.41, 5.74) is 12.2. The van der Waals surface area contributed by atoms with Crippen LogP contribution in [0.5, 0.6) is 11.5 Å². The Hall–Kier alpha value is -6.44. The van der Waals surface area contributed by atoms with Crippen LogP contribution in [0.1, 0.15) is 0 Å². The molecule has 0 aromatic heterocycles. The Kier molecular flexibility index (Phi) is 6.25. The van der Waals surface area contributed by atoms with E-state index in [1.54, 1.807) is 0 Å². The number of hydrogen-bond acceptors (Lipinski definition) is 1. The fraction of sp³-hybridized carbons (Fsp3) is 0. The number of hydrogen-bond donors (Lipinski definition) is 0. The molecule has 10 rings (SSSR count). The molecule has 0 saturated carbocycles. The minimum absolute atomic E-state index is 0.906. The second-order valence-corrected chi connectivity index (χ2v) is 12.7. The van der Waals surface area contributed by atoms with Crippen LogP contribution in [0.25, 0.3) is 88.0 Å². The molecule has 0 bridgehead atoms. The highest BCUT2D eigenvalue weighted by Crippen LogP contribution is 2.52. The summed E-state index contributed by atoms with van der Waals surface area (Å²) in [6.45, 7) is 0. The van der Waals surface area contributed by atoms with Crippen molar-refractivity contribution in [2.24, 2.45) is 0 Å². The SMILES string of the molecule is c1ccc(-c2ccccc2-c2ccccc2-c2c3ccccc3c(-c3ccc4c5c(cccc35)-c3ccccc3O4)c3ccccc23)cc1. The third-order valence-electron chi connectivity index (χ3n) is 10.1. The standard InChI is InChI=1S/C48H30O/c1-2-15-31(16-3-1)32-17-4-5-18-33(32)34-19-6-7-21-36(34)46-38-22-8-10-24-40(38)47(41-25-11-9-23-39(41)46)43-29-30-45-48-37(26-14-27-42(43)48)35-20-12-13-28-44(35)49-45/h1-30H. The fourth-order valence-corrected chi connectivity index (χ4v) is 8.03. The van der Waals surface area contributed by atoms with Gasteiger partial charge in [0, 0.05) is 10.9 Å². The molecule has 49 heavy (non-hydrogen) atoms. The maximum atomic E-state index is 6.49. The molecular formula is C48H30O. The van der Waals surface area contributed by atoms with E-state index in [-0.39, 0.29) is 0 Å². The van der Waals surface area contributed by atoms with E-state index in [1.165, 1.54) is 82.4 Å². The van der Waals surface area contributed by atoms with E-state index in [2.05, 4.69) is 176 Å². The first-order chi connectivity index (χ1) is 24.3. The molecule has 0 spiro atoms. The van der Waals surface area contributed by atoms with E-state index in [1.807, 2.05) is 6.07 Å². The van der Waals surface area contributed by atoms with Crippen LogP contribution in [0.2, 0.25) is 0 Å². The third-order valence-corrected chi connectivity index (χ3v) is 10.1. The maximum Gasteiger partial charge on any atom is 0.135 e. The summed E-state index contributed by atoms with van der Waals surface area (Å²) in [4.78, 5) is 0. The van der Waals surface area contributed by atoms with Gasteiger partial charge in [-0.1, -0.05) is 164 Å². The van der Waals surface area contributed by atoms with Gasteiger partial charge in [-0.25, -0.2) is 0 Å². The average Bonchev–Trinajstić information content (AvgIpc) is 3.18. The van der Waals surface area contributed by atoms with E-state index < -0.39 is 0 Å². The molecular weight excluding hydrogens is 593 g/mol. The van der Waals surface area contributed by atoms with Gasteiger partial charge in [0.2, 0.25) is 0 Å². The monoisotopic (exact) mass is 622 g/mol. The normalized spacial score (nSPS) is 11.8. The van der Waals surface area contributed by atoms with Gasteiger partial charge in [0.1, 0.15) is 11.5 Å². The van der Waals surface area contributed by atoms with Crippen LogP contribution in [0, 0.1) is 0 Å². The number of benzene rings is 9. The lowest BCUT2D eigenvalue weighted by atomic mass is 9.81. The van der Waals surface area contributed by atoms with Crippen LogP contribution in [-0.4, -0.2) is 0 Å². The zero-order valence-electron chi connectivity index (χ0n) is 26.7. The summed E-state index contributed by atoms with van der Waals surface area (Å²) in [5.74, 6) is 1.81.